The first-order valence-corrected chi connectivity index (χ1v) is 9.30. The highest BCUT2D eigenvalue weighted by Crippen LogP contribution is 2.20. The van der Waals surface area contributed by atoms with Crippen LogP contribution in [0, 0.1) is 12.7 Å². The average Bonchev–Trinajstić information content (AvgIpc) is 2.60. The molecule has 0 saturated heterocycles. The van der Waals surface area contributed by atoms with E-state index in [0.29, 0.717) is 0 Å². The molecule has 0 unspecified atom stereocenters. The van der Waals surface area contributed by atoms with Crippen LogP contribution in [0.3, 0.4) is 0 Å². The van der Waals surface area contributed by atoms with Gasteiger partial charge in [0.25, 0.3) is 10.0 Å². The lowest BCUT2D eigenvalue weighted by Gasteiger charge is -2.12. The first-order valence-electron chi connectivity index (χ1n) is 7.82. The molecular formula is C18H18FNO6S. The highest BCUT2D eigenvalue weighted by atomic mass is 32.2. The number of aryl methyl sites for hydroxylation is 1. The number of rotatable bonds is 6. The van der Waals surface area contributed by atoms with Gasteiger partial charge in [0.15, 0.2) is 6.10 Å². The molecule has 0 saturated carbocycles. The van der Waals surface area contributed by atoms with Crippen molar-refractivity contribution >= 4 is 27.6 Å². The van der Waals surface area contributed by atoms with Gasteiger partial charge in [0.1, 0.15) is 5.82 Å². The van der Waals surface area contributed by atoms with E-state index < -0.39 is 33.9 Å². The van der Waals surface area contributed by atoms with E-state index in [1.165, 1.54) is 51.3 Å². The van der Waals surface area contributed by atoms with Gasteiger partial charge in [-0.1, -0.05) is 0 Å². The van der Waals surface area contributed by atoms with Crippen molar-refractivity contribution in [3.63, 3.8) is 0 Å². The van der Waals surface area contributed by atoms with Crippen molar-refractivity contribution in [3.8, 4) is 0 Å². The summed E-state index contributed by atoms with van der Waals surface area (Å²) in [6.07, 6.45) is -1.07. The quantitative estimate of drug-likeness (QED) is 0.755. The molecule has 0 bridgehead atoms. The van der Waals surface area contributed by atoms with Gasteiger partial charge in [0.05, 0.1) is 17.6 Å². The van der Waals surface area contributed by atoms with Gasteiger partial charge in [0, 0.05) is 5.69 Å². The smallest absolute Gasteiger partial charge is 0.346 e. The van der Waals surface area contributed by atoms with E-state index in [9.17, 15) is 22.4 Å². The van der Waals surface area contributed by atoms with Crippen molar-refractivity contribution in [2.24, 2.45) is 0 Å². The first-order chi connectivity index (χ1) is 12.6. The SMILES string of the molecule is COC(=O)[C@@H](C)OC(=O)c1ccc(NS(=O)(=O)c2ccc(F)cc2C)cc1. The summed E-state index contributed by atoms with van der Waals surface area (Å²) < 4.78 is 49.8. The predicted molar refractivity (Wildman–Crippen MR) is 95.3 cm³/mol. The lowest BCUT2D eigenvalue weighted by Crippen LogP contribution is -2.25. The summed E-state index contributed by atoms with van der Waals surface area (Å²) in [7, 11) is -2.74. The summed E-state index contributed by atoms with van der Waals surface area (Å²) in [5.41, 5.74) is 0.599. The molecule has 1 atom stereocenters. The molecule has 0 fully saturated rings. The fourth-order valence-corrected chi connectivity index (χ4v) is 3.53. The Labute approximate surface area is 156 Å². The Hall–Kier alpha value is -2.94. The third-order valence-electron chi connectivity index (χ3n) is 3.62. The van der Waals surface area contributed by atoms with Crippen molar-refractivity contribution in [2.45, 2.75) is 24.8 Å². The molecule has 0 radical (unpaired) electrons. The highest BCUT2D eigenvalue weighted by molar-refractivity contribution is 7.92. The van der Waals surface area contributed by atoms with Crippen LogP contribution in [0.2, 0.25) is 0 Å². The van der Waals surface area contributed by atoms with Crippen molar-refractivity contribution in [2.75, 3.05) is 11.8 Å². The standard InChI is InChI=1S/C18H18FNO6S/c1-11-10-14(19)6-9-16(11)27(23,24)20-15-7-4-13(5-8-15)18(22)26-12(2)17(21)25-3/h4-10,12,20H,1-3H3/t12-/m1/s1. The molecule has 1 N–H and O–H groups in total. The topological polar surface area (TPSA) is 98.8 Å². The fraction of sp³-hybridized carbons (Fsp3) is 0.222. The van der Waals surface area contributed by atoms with Crippen molar-refractivity contribution in [3.05, 3.63) is 59.4 Å². The zero-order valence-corrected chi connectivity index (χ0v) is 15.7. The van der Waals surface area contributed by atoms with Crippen molar-refractivity contribution in [1.29, 1.82) is 0 Å². The Morgan fingerprint density at radius 1 is 1.11 bits per heavy atom. The van der Waals surface area contributed by atoms with Crippen LogP contribution < -0.4 is 4.72 Å². The number of sulfonamides is 1. The highest BCUT2D eigenvalue weighted by Gasteiger charge is 2.20. The van der Waals surface area contributed by atoms with Gasteiger partial charge < -0.3 is 9.47 Å². The lowest BCUT2D eigenvalue weighted by molar-refractivity contribution is -0.149. The Morgan fingerprint density at radius 2 is 1.74 bits per heavy atom. The fourth-order valence-electron chi connectivity index (χ4n) is 2.24. The van der Waals surface area contributed by atoms with E-state index in [-0.39, 0.29) is 21.7 Å². The minimum atomic E-state index is -3.92. The van der Waals surface area contributed by atoms with Crippen molar-refractivity contribution < 1.29 is 31.9 Å². The van der Waals surface area contributed by atoms with Crippen LogP contribution in [0.5, 0.6) is 0 Å². The molecule has 0 aliphatic carbocycles. The van der Waals surface area contributed by atoms with Gasteiger partial charge >= 0.3 is 11.9 Å². The molecule has 2 aromatic carbocycles. The summed E-state index contributed by atoms with van der Waals surface area (Å²) >= 11 is 0. The van der Waals surface area contributed by atoms with Gasteiger partial charge in [-0.05, 0) is 61.9 Å². The second kappa shape index (κ2) is 8.17. The van der Waals surface area contributed by atoms with Crippen LogP contribution in [0.15, 0.2) is 47.4 Å². The molecule has 2 rings (SSSR count). The largest absolute Gasteiger partial charge is 0.466 e. The van der Waals surface area contributed by atoms with E-state index in [1.54, 1.807) is 0 Å². The molecule has 0 heterocycles. The second-order valence-corrected chi connectivity index (χ2v) is 7.31. The summed E-state index contributed by atoms with van der Waals surface area (Å²) in [4.78, 5) is 23.2. The molecule has 0 amide bonds. The number of hydrogen-bond acceptors (Lipinski definition) is 6. The minimum Gasteiger partial charge on any atom is -0.466 e. The van der Waals surface area contributed by atoms with Crippen LogP contribution in [0.1, 0.15) is 22.8 Å². The Bertz CT molecular complexity index is 956. The third kappa shape index (κ3) is 5.04. The van der Waals surface area contributed by atoms with Gasteiger partial charge in [-0.2, -0.15) is 0 Å². The monoisotopic (exact) mass is 395 g/mol. The molecule has 144 valence electrons. The minimum absolute atomic E-state index is 0.0562. The molecule has 0 aliphatic rings. The molecule has 7 nitrogen and oxygen atoms in total. The van der Waals surface area contributed by atoms with E-state index >= 15 is 0 Å². The molecule has 0 aliphatic heterocycles. The zero-order valence-electron chi connectivity index (χ0n) is 14.9. The summed E-state index contributed by atoms with van der Waals surface area (Å²) in [5, 5.41) is 0. The number of anilines is 1. The van der Waals surface area contributed by atoms with Crippen LogP contribution in [-0.2, 0) is 24.3 Å². The maximum atomic E-state index is 13.2. The molecule has 27 heavy (non-hydrogen) atoms. The Balaban J connectivity index is 2.13. The number of nitrogens with one attached hydrogen (secondary N) is 1. The van der Waals surface area contributed by atoms with E-state index in [4.69, 9.17) is 4.74 Å². The van der Waals surface area contributed by atoms with Crippen LogP contribution in [0.25, 0.3) is 0 Å². The number of carbonyl (C=O) groups excluding carboxylic acids is 2. The maximum absolute atomic E-state index is 13.2. The van der Waals surface area contributed by atoms with E-state index in [0.717, 1.165) is 12.1 Å². The summed E-state index contributed by atoms with van der Waals surface area (Å²) in [6.45, 7) is 2.86. The van der Waals surface area contributed by atoms with Crippen molar-refractivity contribution in [1.82, 2.24) is 0 Å². The second-order valence-electron chi connectivity index (χ2n) is 5.66. The third-order valence-corrected chi connectivity index (χ3v) is 5.16. The summed E-state index contributed by atoms with van der Waals surface area (Å²) in [6, 6.07) is 8.79. The normalized spacial score (nSPS) is 12.1. The molecule has 0 aromatic heterocycles. The van der Waals surface area contributed by atoms with Crippen LogP contribution in [0.4, 0.5) is 10.1 Å². The molecular weight excluding hydrogens is 377 g/mol. The van der Waals surface area contributed by atoms with Gasteiger partial charge in [0.2, 0.25) is 0 Å². The molecule has 9 heteroatoms. The predicted octanol–water partition coefficient (Wildman–Crippen LogP) is 2.65. The average molecular weight is 395 g/mol. The number of methoxy groups -OCH3 is 1. The number of hydrogen-bond donors (Lipinski definition) is 1. The number of benzene rings is 2. The first kappa shape index (κ1) is 20.4. The van der Waals surface area contributed by atoms with Gasteiger partial charge in [-0.25, -0.2) is 22.4 Å². The number of carbonyl (C=O) groups is 2. The van der Waals surface area contributed by atoms with E-state index in [1.807, 2.05) is 0 Å². The summed E-state index contributed by atoms with van der Waals surface area (Å²) in [5.74, 6) is -1.98. The van der Waals surface area contributed by atoms with Crippen LogP contribution >= 0.6 is 0 Å². The number of ether oxygens (including phenoxy) is 2. The number of esters is 2. The molecule has 2 aromatic rings. The Morgan fingerprint density at radius 3 is 2.30 bits per heavy atom. The van der Waals surface area contributed by atoms with Crippen LogP contribution in [-0.4, -0.2) is 33.6 Å². The van der Waals surface area contributed by atoms with Gasteiger partial charge in [-0.15, -0.1) is 0 Å². The number of halogens is 1. The Kier molecular flexibility index (Phi) is 6.17. The molecule has 0 spiro atoms. The lowest BCUT2D eigenvalue weighted by atomic mass is 10.2. The van der Waals surface area contributed by atoms with Gasteiger partial charge in [-0.3, -0.25) is 4.72 Å². The zero-order chi connectivity index (χ0) is 20.2. The van der Waals surface area contributed by atoms with E-state index in [2.05, 4.69) is 9.46 Å². The maximum Gasteiger partial charge on any atom is 0.346 e.